The Bertz CT molecular complexity index is 719. The van der Waals surface area contributed by atoms with Gasteiger partial charge in [-0.3, -0.25) is 4.79 Å². The van der Waals surface area contributed by atoms with Gasteiger partial charge in [0.05, 0.1) is 12.3 Å². The van der Waals surface area contributed by atoms with E-state index >= 15 is 0 Å². The highest BCUT2D eigenvalue weighted by molar-refractivity contribution is 6.01. The summed E-state index contributed by atoms with van der Waals surface area (Å²) in [6.45, 7) is 8.50. The van der Waals surface area contributed by atoms with Gasteiger partial charge in [-0.15, -0.1) is 0 Å². The summed E-state index contributed by atoms with van der Waals surface area (Å²) in [7, 11) is 0. The van der Waals surface area contributed by atoms with Crippen LogP contribution < -0.4 is 10.2 Å². The number of nitrogens with zero attached hydrogens (tertiary/aromatic N) is 1. The minimum absolute atomic E-state index is 0.239. The van der Waals surface area contributed by atoms with Crippen molar-refractivity contribution in [3.8, 4) is 5.75 Å². The molecule has 0 aromatic heterocycles. The van der Waals surface area contributed by atoms with E-state index in [4.69, 9.17) is 4.74 Å². The summed E-state index contributed by atoms with van der Waals surface area (Å²) in [6, 6.07) is 13.2. The Morgan fingerprint density at radius 1 is 1.13 bits per heavy atom. The molecule has 2 aromatic carbocycles. The molecular formula is C19H22N2O2. The van der Waals surface area contributed by atoms with Gasteiger partial charge in [0.15, 0.2) is 0 Å². The van der Waals surface area contributed by atoms with Crippen molar-refractivity contribution in [2.75, 3.05) is 6.61 Å². The van der Waals surface area contributed by atoms with Crippen LogP contribution >= 0.6 is 0 Å². The molecule has 4 heteroatoms. The third kappa shape index (κ3) is 4.42. The normalized spacial score (nSPS) is 11.2. The Kier molecular flexibility index (Phi) is 5.52. The van der Waals surface area contributed by atoms with Gasteiger partial charge in [-0.25, -0.2) is 5.43 Å². The van der Waals surface area contributed by atoms with Gasteiger partial charge in [0.1, 0.15) is 5.75 Å². The van der Waals surface area contributed by atoms with Gasteiger partial charge in [0.2, 0.25) is 0 Å². The van der Waals surface area contributed by atoms with Crippen LogP contribution in [-0.2, 0) is 0 Å². The van der Waals surface area contributed by atoms with Crippen LogP contribution in [0.3, 0.4) is 0 Å². The lowest BCUT2D eigenvalue weighted by molar-refractivity contribution is 0.0955. The molecule has 120 valence electrons. The van der Waals surface area contributed by atoms with E-state index in [9.17, 15) is 4.79 Å². The largest absolute Gasteiger partial charge is 0.494 e. The summed E-state index contributed by atoms with van der Waals surface area (Å²) in [6.07, 6.45) is 0. The summed E-state index contributed by atoms with van der Waals surface area (Å²) in [4.78, 5) is 12.1. The summed E-state index contributed by atoms with van der Waals surface area (Å²) in [5, 5.41) is 4.21. The number of rotatable bonds is 5. The number of amides is 1. The van der Waals surface area contributed by atoms with E-state index in [0.29, 0.717) is 12.2 Å². The van der Waals surface area contributed by atoms with Gasteiger partial charge in [-0.05, 0) is 57.5 Å². The highest BCUT2D eigenvalue weighted by atomic mass is 16.5. The Balaban J connectivity index is 2.07. The first-order valence-electron chi connectivity index (χ1n) is 7.66. The van der Waals surface area contributed by atoms with Crippen molar-refractivity contribution in [1.82, 2.24) is 5.43 Å². The maximum absolute atomic E-state index is 12.1. The predicted molar refractivity (Wildman–Crippen MR) is 93.2 cm³/mol. The van der Waals surface area contributed by atoms with Crippen molar-refractivity contribution in [2.24, 2.45) is 5.10 Å². The molecule has 0 aliphatic carbocycles. The van der Waals surface area contributed by atoms with Crippen LogP contribution in [0.1, 0.15) is 40.9 Å². The zero-order chi connectivity index (χ0) is 16.8. The Hall–Kier alpha value is -2.62. The van der Waals surface area contributed by atoms with Crippen LogP contribution in [0.4, 0.5) is 0 Å². The molecule has 1 amide bonds. The van der Waals surface area contributed by atoms with Gasteiger partial charge >= 0.3 is 0 Å². The first-order chi connectivity index (χ1) is 11.0. The van der Waals surface area contributed by atoms with Crippen molar-refractivity contribution < 1.29 is 9.53 Å². The third-order valence-corrected chi connectivity index (χ3v) is 3.52. The molecule has 1 N–H and O–H groups in total. The lowest BCUT2D eigenvalue weighted by Crippen LogP contribution is -2.19. The molecule has 23 heavy (non-hydrogen) atoms. The van der Waals surface area contributed by atoms with E-state index in [2.05, 4.69) is 23.5 Å². The van der Waals surface area contributed by atoms with Gasteiger partial charge < -0.3 is 4.74 Å². The molecule has 2 aromatic rings. The molecule has 0 radical (unpaired) electrons. The molecule has 4 nitrogen and oxygen atoms in total. The van der Waals surface area contributed by atoms with Crippen LogP contribution in [0.2, 0.25) is 0 Å². The lowest BCUT2D eigenvalue weighted by atomic mass is 10.0. The van der Waals surface area contributed by atoms with E-state index < -0.39 is 0 Å². The number of hydrazone groups is 1. The fourth-order valence-corrected chi connectivity index (χ4v) is 2.35. The van der Waals surface area contributed by atoms with Gasteiger partial charge in [-0.2, -0.15) is 5.10 Å². The van der Waals surface area contributed by atoms with Crippen molar-refractivity contribution in [1.29, 1.82) is 0 Å². The van der Waals surface area contributed by atoms with Crippen LogP contribution in [0.25, 0.3) is 0 Å². The molecule has 0 spiro atoms. The quantitative estimate of drug-likeness (QED) is 0.673. The summed E-state index contributed by atoms with van der Waals surface area (Å²) in [5.41, 5.74) is 7.30. The topological polar surface area (TPSA) is 50.7 Å². The number of hydrogen-bond donors (Lipinski definition) is 1. The highest BCUT2D eigenvalue weighted by Gasteiger charge is 2.06. The fourth-order valence-electron chi connectivity index (χ4n) is 2.35. The molecule has 0 aliphatic heterocycles. The van der Waals surface area contributed by atoms with Crippen molar-refractivity contribution in [3.05, 3.63) is 64.7 Å². The number of benzene rings is 2. The van der Waals surface area contributed by atoms with Gasteiger partial charge in [-0.1, -0.05) is 23.8 Å². The number of nitrogens with one attached hydrogen (secondary N) is 1. The van der Waals surface area contributed by atoms with Crippen LogP contribution in [0.5, 0.6) is 5.75 Å². The van der Waals surface area contributed by atoms with E-state index in [1.165, 1.54) is 5.56 Å². The number of carbonyl (C=O) groups is 1. The molecular weight excluding hydrogens is 288 g/mol. The molecule has 2 rings (SSSR count). The van der Waals surface area contributed by atoms with Crippen molar-refractivity contribution in [2.45, 2.75) is 27.7 Å². The first kappa shape index (κ1) is 16.7. The average Bonchev–Trinajstić information content (AvgIpc) is 2.53. The molecule has 0 atom stereocenters. The first-order valence-corrected chi connectivity index (χ1v) is 7.66. The maximum atomic E-state index is 12.1. The highest BCUT2D eigenvalue weighted by Crippen LogP contribution is 2.13. The Morgan fingerprint density at radius 2 is 1.83 bits per heavy atom. The second kappa shape index (κ2) is 7.58. The summed E-state index contributed by atoms with van der Waals surface area (Å²) >= 11 is 0. The molecule has 0 unspecified atom stereocenters. The maximum Gasteiger partial charge on any atom is 0.271 e. The molecule has 0 saturated heterocycles. The number of hydrogen-bond acceptors (Lipinski definition) is 3. The molecule has 0 heterocycles. The third-order valence-electron chi connectivity index (χ3n) is 3.52. The van der Waals surface area contributed by atoms with Crippen LogP contribution in [0, 0.1) is 13.8 Å². The van der Waals surface area contributed by atoms with Crippen molar-refractivity contribution in [3.63, 3.8) is 0 Å². The van der Waals surface area contributed by atoms with Gasteiger partial charge in [0.25, 0.3) is 5.91 Å². The zero-order valence-corrected chi connectivity index (χ0v) is 14.0. The lowest BCUT2D eigenvalue weighted by Gasteiger charge is -2.07. The number of aryl methyl sites for hydroxylation is 2. The smallest absolute Gasteiger partial charge is 0.271 e. The van der Waals surface area contributed by atoms with E-state index in [0.717, 1.165) is 22.6 Å². The van der Waals surface area contributed by atoms with Crippen LogP contribution in [0.15, 0.2) is 47.6 Å². The number of ether oxygens (including phenoxy) is 1. The molecule has 0 bridgehead atoms. The monoisotopic (exact) mass is 310 g/mol. The summed E-state index contributed by atoms with van der Waals surface area (Å²) < 4.78 is 5.36. The van der Waals surface area contributed by atoms with E-state index in [1.807, 2.05) is 32.9 Å². The molecule has 0 aliphatic rings. The minimum Gasteiger partial charge on any atom is -0.494 e. The Labute approximate surface area is 137 Å². The number of carbonyl (C=O) groups excluding carboxylic acids is 1. The van der Waals surface area contributed by atoms with Gasteiger partial charge in [0, 0.05) is 11.1 Å². The second-order valence-corrected chi connectivity index (χ2v) is 5.41. The summed E-state index contributed by atoms with van der Waals surface area (Å²) in [5.74, 6) is 0.510. The standard InChI is InChI=1S/C19H22N2O2/c1-5-23-17-9-7-16(8-10-17)19(22)21-20-15(4)18-11-6-13(2)12-14(18)3/h6-12H,5H2,1-4H3,(H,21,22). The van der Waals surface area contributed by atoms with Crippen LogP contribution in [-0.4, -0.2) is 18.2 Å². The molecule has 0 fully saturated rings. The fraction of sp³-hybridized carbons (Fsp3) is 0.263. The average molecular weight is 310 g/mol. The minimum atomic E-state index is -0.239. The Morgan fingerprint density at radius 3 is 2.43 bits per heavy atom. The zero-order valence-electron chi connectivity index (χ0n) is 14.0. The van der Waals surface area contributed by atoms with Crippen molar-refractivity contribution >= 4 is 11.6 Å². The second-order valence-electron chi connectivity index (χ2n) is 5.41. The van der Waals surface area contributed by atoms with E-state index in [1.54, 1.807) is 24.3 Å². The molecule has 0 saturated carbocycles. The van der Waals surface area contributed by atoms with E-state index in [-0.39, 0.29) is 5.91 Å². The SMILES string of the molecule is CCOc1ccc(C(=O)NN=C(C)c2ccc(C)cc2C)cc1. The predicted octanol–water partition coefficient (Wildman–Crippen LogP) is 3.86.